The van der Waals surface area contributed by atoms with Gasteiger partial charge < -0.3 is 10.2 Å². The van der Waals surface area contributed by atoms with Gasteiger partial charge in [-0.25, -0.2) is 9.67 Å². The number of hydrogen-bond acceptors (Lipinski definition) is 6. The van der Waals surface area contributed by atoms with Crippen LogP contribution in [0.5, 0.6) is 0 Å². The van der Waals surface area contributed by atoms with E-state index in [1.165, 1.54) is 31.1 Å². The average molecular weight is 454 g/mol. The first kappa shape index (κ1) is 22.1. The lowest BCUT2D eigenvalue weighted by Crippen LogP contribution is -2.42. The summed E-state index contributed by atoms with van der Waals surface area (Å²) in [6, 6.07) is 3.55. The average Bonchev–Trinajstić information content (AvgIpc) is 3.52. The zero-order valence-corrected chi connectivity index (χ0v) is 19.3. The monoisotopic (exact) mass is 453 g/mol. The molecule has 0 bridgehead atoms. The minimum absolute atomic E-state index is 0.0632. The second-order valence-corrected chi connectivity index (χ2v) is 9.39. The number of aromatic nitrogens is 3. The van der Waals surface area contributed by atoms with Gasteiger partial charge in [0.25, 0.3) is 11.8 Å². The van der Waals surface area contributed by atoms with Crippen molar-refractivity contribution in [3.05, 3.63) is 45.9 Å². The summed E-state index contributed by atoms with van der Waals surface area (Å²) in [6.45, 7) is 3.66. The molecule has 0 aromatic carbocycles. The van der Waals surface area contributed by atoms with E-state index in [1.54, 1.807) is 35.8 Å². The SMILES string of the molecule is CC(=O)c1cc(C(=O)N[C@@H](C)CN(C)C(=O)c2cnc3c(cnn3C3CCCC3)c2)cs1. The van der Waals surface area contributed by atoms with Crippen LogP contribution in [0.15, 0.2) is 29.9 Å². The summed E-state index contributed by atoms with van der Waals surface area (Å²) in [5.41, 5.74) is 1.76. The number of nitrogens with one attached hydrogen (secondary N) is 1. The van der Waals surface area contributed by atoms with Gasteiger partial charge in [0.05, 0.1) is 28.2 Å². The molecule has 1 saturated carbocycles. The standard InChI is InChI=1S/C23H27N5O3S/c1-14(26-22(30)18-9-20(15(2)29)32-13-18)12-27(3)23(31)17-8-16-11-25-28(21(16)24-10-17)19-6-4-5-7-19/h8-11,13-14,19H,4-7,12H2,1-3H3,(H,26,30)/t14-/m0/s1. The number of likely N-dealkylation sites (N-methyl/N-ethyl adjacent to an activating group) is 1. The molecule has 1 fully saturated rings. The molecular formula is C23H27N5O3S. The molecule has 2 amide bonds. The molecule has 0 aliphatic heterocycles. The normalized spacial score (nSPS) is 15.1. The van der Waals surface area contributed by atoms with Gasteiger partial charge in [0, 0.05) is 36.6 Å². The van der Waals surface area contributed by atoms with Gasteiger partial charge in [0.1, 0.15) is 0 Å². The first-order valence-corrected chi connectivity index (χ1v) is 11.7. The lowest BCUT2D eigenvalue weighted by molar-refractivity contribution is 0.0768. The Morgan fingerprint density at radius 2 is 1.97 bits per heavy atom. The third-order valence-electron chi connectivity index (χ3n) is 5.83. The maximum atomic E-state index is 12.9. The summed E-state index contributed by atoms with van der Waals surface area (Å²) in [5, 5.41) is 9.91. The molecule has 1 atom stereocenters. The van der Waals surface area contributed by atoms with E-state index in [4.69, 9.17) is 0 Å². The van der Waals surface area contributed by atoms with Gasteiger partial charge in [-0.3, -0.25) is 14.4 Å². The van der Waals surface area contributed by atoms with Gasteiger partial charge in [0.15, 0.2) is 11.4 Å². The molecule has 168 valence electrons. The van der Waals surface area contributed by atoms with Crippen molar-refractivity contribution in [1.29, 1.82) is 0 Å². The Labute approximate surface area is 190 Å². The number of Topliss-reactive ketones (excluding diaryl/α,β-unsaturated/α-hetero) is 1. The number of rotatable bonds is 7. The molecule has 1 aliphatic carbocycles. The molecule has 32 heavy (non-hydrogen) atoms. The van der Waals surface area contributed by atoms with Gasteiger partial charge in [-0.2, -0.15) is 5.10 Å². The highest BCUT2D eigenvalue weighted by Gasteiger charge is 2.22. The van der Waals surface area contributed by atoms with Gasteiger partial charge in [-0.1, -0.05) is 12.8 Å². The van der Waals surface area contributed by atoms with Crippen LogP contribution in [0.2, 0.25) is 0 Å². The molecule has 3 aromatic heterocycles. The Hall–Kier alpha value is -3.07. The van der Waals surface area contributed by atoms with Crippen molar-refractivity contribution in [2.24, 2.45) is 0 Å². The highest BCUT2D eigenvalue weighted by molar-refractivity contribution is 7.12. The quantitative estimate of drug-likeness (QED) is 0.550. The van der Waals surface area contributed by atoms with Crippen molar-refractivity contribution in [2.45, 2.75) is 51.6 Å². The summed E-state index contributed by atoms with van der Waals surface area (Å²) in [6.07, 6.45) is 8.04. The number of ketones is 1. The predicted molar refractivity (Wildman–Crippen MR) is 123 cm³/mol. The lowest BCUT2D eigenvalue weighted by atomic mass is 10.2. The Morgan fingerprint density at radius 3 is 2.66 bits per heavy atom. The summed E-state index contributed by atoms with van der Waals surface area (Å²) in [7, 11) is 1.70. The Kier molecular flexibility index (Phi) is 6.36. The fourth-order valence-electron chi connectivity index (χ4n) is 4.18. The minimum Gasteiger partial charge on any atom is -0.348 e. The van der Waals surface area contributed by atoms with Crippen LogP contribution in [0, 0.1) is 0 Å². The van der Waals surface area contributed by atoms with E-state index < -0.39 is 0 Å². The molecule has 0 unspecified atom stereocenters. The Balaban J connectivity index is 1.38. The highest BCUT2D eigenvalue weighted by atomic mass is 32.1. The van der Waals surface area contributed by atoms with Crippen LogP contribution in [0.1, 0.15) is 76.0 Å². The lowest BCUT2D eigenvalue weighted by Gasteiger charge is -2.22. The van der Waals surface area contributed by atoms with Gasteiger partial charge in [0.2, 0.25) is 0 Å². The number of thiophene rings is 1. The molecule has 0 saturated heterocycles. The molecule has 0 radical (unpaired) electrons. The molecule has 8 nitrogen and oxygen atoms in total. The van der Waals surface area contributed by atoms with Crippen LogP contribution >= 0.6 is 11.3 Å². The molecule has 1 N–H and O–H groups in total. The van der Waals surface area contributed by atoms with E-state index >= 15 is 0 Å². The summed E-state index contributed by atoms with van der Waals surface area (Å²) in [4.78, 5) is 43.4. The van der Waals surface area contributed by atoms with E-state index in [9.17, 15) is 14.4 Å². The third kappa shape index (κ3) is 4.57. The van der Waals surface area contributed by atoms with Crippen LogP contribution in [-0.4, -0.2) is 56.9 Å². The fraction of sp³-hybridized carbons (Fsp3) is 0.435. The molecule has 0 spiro atoms. The van der Waals surface area contributed by atoms with E-state index in [0.29, 0.717) is 28.6 Å². The van der Waals surface area contributed by atoms with Crippen LogP contribution in [0.25, 0.3) is 11.0 Å². The topological polar surface area (TPSA) is 97.2 Å². The highest BCUT2D eigenvalue weighted by Crippen LogP contribution is 2.31. The second-order valence-electron chi connectivity index (χ2n) is 8.48. The number of carbonyl (C=O) groups excluding carboxylic acids is 3. The molecular weight excluding hydrogens is 426 g/mol. The summed E-state index contributed by atoms with van der Waals surface area (Å²) < 4.78 is 1.99. The van der Waals surface area contributed by atoms with Crippen LogP contribution in [0.3, 0.4) is 0 Å². The first-order valence-electron chi connectivity index (χ1n) is 10.8. The summed E-state index contributed by atoms with van der Waals surface area (Å²) >= 11 is 1.25. The minimum atomic E-state index is -0.265. The van der Waals surface area contributed by atoms with Crippen molar-refractivity contribution in [2.75, 3.05) is 13.6 Å². The van der Waals surface area contributed by atoms with Crippen molar-refractivity contribution >= 4 is 40.0 Å². The van der Waals surface area contributed by atoms with Gasteiger partial charge >= 0.3 is 0 Å². The van der Waals surface area contributed by atoms with Gasteiger partial charge in [-0.05, 0) is 38.8 Å². The fourth-order valence-corrected chi connectivity index (χ4v) is 4.97. The smallest absolute Gasteiger partial charge is 0.255 e. The molecule has 3 heterocycles. The number of hydrogen-bond donors (Lipinski definition) is 1. The van der Waals surface area contributed by atoms with Crippen LogP contribution < -0.4 is 5.32 Å². The van der Waals surface area contributed by atoms with E-state index in [1.807, 2.05) is 17.7 Å². The van der Waals surface area contributed by atoms with Crippen LogP contribution in [0.4, 0.5) is 0 Å². The maximum absolute atomic E-state index is 12.9. The zero-order valence-electron chi connectivity index (χ0n) is 18.5. The van der Waals surface area contributed by atoms with E-state index in [2.05, 4.69) is 15.4 Å². The third-order valence-corrected chi connectivity index (χ3v) is 6.86. The van der Waals surface area contributed by atoms with Crippen molar-refractivity contribution in [1.82, 2.24) is 25.0 Å². The Bertz CT molecular complexity index is 1160. The van der Waals surface area contributed by atoms with E-state index in [0.717, 1.165) is 23.9 Å². The summed E-state index contributed by atoms with van der Waals surface area (Å²) in [5.74, 6) is -0.486. The van der Waals surface area contributed by atoms with E-state index in [-0.39, 0.29) is 23.6 Å². The number of pyridine rings is 1. The Morgan fingerprint density at radius 1 is 1.22 bits per heavy atom. The van der Waals surface area contributed by atoms with Crippen molar-refractivity contribution in [3.8, 4) is 0 Å². The molecule has 1 aliphatic rings. The molecule has 4 rings (SSSR count). The molecule has 9 heteroatoms. The first-order chi connectivity index (χ1) is 15.3. The van der Waals surface area contributed by atoms with Gasteiger partial charge in [-0.15, -0.1) is 11.3 Å². The largest absolute Gasteiger partial charge is 0.348 e. The molecule has 3 aromatic rings. The second kappa shape index (κ2) is 9.20. The van der Waals surface area contributed by atoms with Crippen LogP contribution in [-0.2, 0) is 0 Å². The van der Waals surface area contributed by atoms with Crippen molar-refractivity contribution < 1.29 is 14.4 Å². The number of carbonyl (C=O) groups is 3. The number of amides is 2. The zero-order chi connectivity index (χ0) is 22.8. The number of fused-ring (bicyclic) bond motifs is 1. The maximum Gasteiger partial charge on any atom is 0.255 e. The number of nitrogens with zero attached hydrogens (tertiary/aromatic N) is 4. The van der Waals surface area contributed by atoms with Crippen molar-refractivity contribution in [3.63, 3.8) is 0 Å². The predicted octanol–water partition coefficient (Wildman–Crippen LogP) is 3.70.